The summed E-state index contributed by atoms with van der Waals surface area (Å²) < 4.78 is 4.55. The minimum Gasteiger partial charge on any atom is -0.469 e. The number of hydrogen-bond donors (Lipinski definition) is 0. The van der Waals surface area contributed by atoms with Crippen molar-refractivity contribution in [2.75, 3.05) is 7.11 Å². The molecule has 1 aromatic carbocycles. The molecule has 0 saturated heterocycles. The average Bonchev–Trinajstić information content (AvgIpc) is 3.49. The van der Waals surface area contributed by atoms with Crippen molar-refractivity contribution in [3.63, 3.8) is 0 Å². The number of aromatic nitrogens is 1. The number of thiazole rings is 1. The lowest BCUT2D eigenvalue weighted by Crippen LogP contribution is -2.16. The van der Waals surface area contributed by atoms with Crippen molar-refractivity contribution >= 4 is 34.7 Å². The van der Waals surface area contributed by atoms with E-state index in [4.69, 9.17) is 0 Å². The van der Waals surface area contributed by atoms with Gasteiger partial charge in [0, 0.05) is 36.1 Å². The molecule has 1 fully saturated rings. The fraction of sp³-hybridized carbons (Fsp3) is 0.500. The summed E-state index contributed by atoms with van der Waals surface area (Å²) in [6.07, 6.45) is 5.56. The van der Waals surface area contributed by atoms with E-state index in [1.807, 2.05) is 30.5 Å². The van der Waals surface area contributed by atoms with Crippen molar-refractivity contribution in [3.05, 3.63) is 51.0 Å². The minimum atomic E-state index is -0.389. The molecule has 1 heterocycles. The van der Waals surface area contributed by atoms with Gasteiger partial charge in [-0.3, -0.25) is 19.2 Å². The van der Waals surface area contributed by atoms with Crippen LogP contribution < -0.4 is 0 Å². The molecule has 0 bridgehead atoms. The molecule has 0 radical (unpaired) electrons. The first-order valence-corrected chi connectivity index (χ1v) is 12.4. The van der Waals surface area contributed by atoms with Gasteiger partial charge in [0.1, 0.15) is 16.6 Å². The molecule has 0 unspecified atom stereocenters. The molecule has 0 aliphatic heterocycles. The monoisotopic (exact) mass is 469 g/mol. The molecule has 1 saturated carbocycles. The van der Waals surface area contributed by atoms with Crippen LogP contribution in [0.2, 0.25) is 0 Å². The fourth-order valence-electron chi connectivity index (χ4n) is 4.21. The van der Waals surface area contributed by atoms with Crippen molar-refractivity contribution in [1.29, 1.82) is 0 Å². The predicted molar refractivity (Wildman–Crippen MR) is 127 cm³/mol. The van der Waals surface area contributed by atoms with Crippen LogP contribution >= 0.6 is 11.3 Å². The molecule has 3 rings (SSSR count). The first-order chi connectivity index (χ1) is 15.9. The van der Waals surface area contributed by atoms with Crippen molar-refractivity contribution in [2.24, 2.45) is 5.92 Å². The van der Waals surface area contributed by atoms with Crippen LogP contribution in [0.15, 0.2) is 23.6 Å². The molecule has 176 valence electrons. The number of carbonyl (C=O) groups excluding carboxylic acids is 4. The summed E-state index contributed by atoms with van der Waals surface area (Å²) in [6.45, 7) is 1.97. The summed E-state index contributed by atoms with van der Waals surface area (Å²) in [4.78, 5) is 53.3. The highest BCUT2D eigenvalue weighted by atomic mass is 32.1. The second-order valence-electron chi connectivity index (χ2n) is 8.75. The van der Waals surface area contributed by atoms with E-state index in [0.717, 1.165) is 42.5 Å². The highest BCUT2D eigenvalue weighted by Crippen LogP contribution is 2.29. The molecular formula is C26H31NO5S. The maximum Gasteiger partial charge on any atom is 0.305 e. The van der Waals surface area contributed by atoms with Crippen LogP contribution in [0.5, 0.6) is 0 Å². The minimum absolute atomic E-state index is 0.00939. The third-order valence-electron chi connectivity index (χ3n) is 6.09. The van der Waals surface area contributed by atoms with E-state index in [-0.39, 0.29) is 54.9 Å². The lowest BCUT2D eigenvalue weighted by molar-refractivity contribution is -0.141. The van der Waals surface area contributed by atoms with Crippen molar-refractivity contribution < 1.29 is 23.9 Å². The van der Waals surface area contributed by atoms with Gasteiger partial charge < -0.3 is 4.74 Å². The summed E-state index contributed by atoms with van der Waals surface area (Å²) >= 11 is 1.41. The van der Waals surface area contributed by atoms with Crippen LogP contribution in [0.4, 0.5) is 0 Å². The van der Waals surface area contributed by atoms with Gasteiger partial charge in [-0.15, -0.1) is 11.3 Å². The van der Waals surface area contributed by atoms with Crippen molar-refractivity contribution in [2.45, 2.75) is 71.1 Å². The van der Waals surface area contributed by atoms with Crippen LogP contribution in [0.25, 0.3) is 0 Å². The summed E-state index contributed by atoms with van der Waals surface area (Å²) in [5.41, 5.74) is 3.30. The molecule has 33 heavy (non-hydrogen) atoms. The average molecular weight is 470 g/mol. The summed E-state index contributed by atoms with van der Waals surface area (Å²) in [7, 11) is 1.30. The zero-order valence-corrected chi connectivity index (χ0v) is 20.2. The summed E-state index contributed by atoms with van der Waals surface area (Å²) in [5.74, 6) is -0.122. The van der Waals surface area contributed by atoms with E-state index >= 15 is 0 Å². The van der Waals surface area contributed by atoms with E-state index in [1.165, 1.54) is 18.4 Å². The molecule has 0 amide bonds. The van der Waals surface area contributed by atoms with Crippen molar-refractivity contribution in [3.8, 4) is 0 Å². The van der Waals surface area contributed by atoms with Crippen LogP contribution in [0, 0.1) is 12.8 Å². The molecule has 0 spiro atoms. The second kappa shape index (κ2) is 12.0. The Bertz CT molecular complexity index is 1020. The number of methoxy groups -OCH3 is 1. The van der Waals surface area contributed by atoms with Gasteiger partial charge in [0.25, 0.3) is 0 Å². The van der Waals surface area contributed by atoms with Gasteiger partial charge >= 0.3 is 5.97 Å². The van der Waals surface area contributed by atoms with Crippen LogP contribution in [-0.2, 0) is 38.4 Å². The molecule has 1 aromatic heterocycles. The first-order valence-electron chi connectivity index (χ1n) is 11.5. The van der Waals surface area contributed by atoms with Crippen molar-refractivity contribution in [1.82, 2.24) is 4.98 Å². The predicted octanol–water partition coefficient (Wildman–Crippen LogP) is 4.63. The zero-order chi connectivity index (χ0) is 23.8. The quantitative estimate of drug-likeness (QED) is 0.332. The Morgan fingerprint density at radius 2 is 1.79 bits per heavy atom. The Morgan fingerprint density at radius 1 is 1.03 bits per heavy atom. The third kappa shape index (κ3) is 7.42. The lowest BCUT2D eigenvalue weighted by atomic mass is 9.90. The molecule has 2 aromatic rings. The molecule has 0 atom stereocenters. The maximum absolute atomic E-state index is 13.0. The number of hydrogen-bond acceptors (Lipinski definition) is 7. The summed E-state index contributed by atoms with van der Waals surface area (Å²) in [5, 5.41) is 2.59. The van der Waals surface area contributed by atoms with Gasteiger partial charge in [-0.1, -0.05) is 30.5 Å². The Labute approximate surface area is 198 Å². The van der Waals surface area contributed by atoms with E-state index in [1.54, 1.807) is 0 Å². The molecule has 6 nitrogen and oxygen atoms in total. The highest BCUT2D eigenvalue weighted by molar-refractivity contribution is 7.09. The Hall–Kier alpha value is -2.67. The van der Waals surface area contributed by atoms with Gasteiger partial charge in [-0.2, -0.15) is 0 Å². The van der Waals surface area contributed by atoms with Crippen LogP contribution in [-0.4, -0.2) is 35.4 Å². The smallest absolute Gasteiger partial charge is 0.305 e. The normalized spacial score (nSPS) is 13.8. The molecule has 1 aliphatic rings. The fourth-order valence-corrected chi connectivity index (χ4v) is 5.06. The molecule has 0 N–H and O–H groups in total. The SMILES string of the molecule is COC(=O)CCC(=O)CCc1csc(CC(=O)Cc2ccc(C)cc2C(=O)C2CCCC2)n1. The Morgan fingerprint density at radius 3 is 2.52 bits per heavy atom. The van der Waals surface area contributed by atoms with E-state index in [9.17, 15) is 19.2 Å². The molecule has 1 aliphatic carbocycles. The highest BCUT2D eigenvalue weighted by Gasteiger charge is 2.26. The number of carbonyl (C=O) groups is 4. The number of esters is 1. The summed E-state index contributed by atoms with van der Waals surface area (Å²) in [6, 6.07) is 5.78. The number of benzene rings is 1. The zero-order valence-electron chi connectivity index (χ0n) is 19.4. The number of ketones is 3. The number of aryl methyl sites for hydroxylation is 2. The number of ether oxygens (including phenoxy) is 1. The third-order valence-corrected chi connectivity index (χ3v) is 6.99. The number of Topliss-reactive ketones (excluding diaryl/α,β-unsaturated/α-hetero) is 3. The van der Waals surface area contributed by atoms with Gasteiger partial charge in [0.15, 0.2) is 5.78 Å². The topological polar surface area (TPSA) is 90.4 Å². The van der Waals surface area contributed by atoms with Gasteiger partial charge in [-0.05, 0) is 37.8 Å². The number of rotatable bonds is 12. The maximum atomic E-state index is 13.0. The van der Waals surface area contributed by atoms with Gasteiger partial charge in [0.05, 0.1) is 25.6 Å². The van der Waals surface area contributed by atoms with Gasteiger partial charge in [0.2, 0.25) is 0 Å². The Kier molecular flexibility index (Phi) is 9.06. The molecule has 7 heteroatoms. The van der Waals surface area contributed by atoms with E-state index in [0.29, 0.717) is 23.4 Å². The van der Waals surface area contributed by atoms with Crippen LogP contribution in [0.1, 0.15) is 77.1 Å². The second-order valence-corrected chi connectivity index (χ2v) is 9.69. The van der Waals surface area contributed by atoms with E-state index < -0.39 is 0 Å². The van der Waals surface area contributed by atoms with Crippen LogP contribution in [0.3, 0.4) is 0 Å². The first kappa shape index (κ1) is 25.0. The largest absolute Gasteiger partial charge is 0.469 e. The number of nitrogens with zero attached hydrogens (tertiary/aromatic N) is 1. The van der Waals surface area contributed by atoms with Gasteiger partial charge in [-0.25, -0.2) is 4.98 Å². The molecular weight excluding hydrogens is 438 g/mol. The lowest BCUT2D eigenvalue weighted by Gasteiger charge is -2.13. The Balaban J connectivity index is 1.54. The van der Waals surface area contributed by atoms with E-state index in [2.05, 4.69) is 9.72 Å². The standard InChI is InChI=1S/C26H31NO5S/c1-17-7-8-19(23(13-17)26(31)18-5-3-4-6-18)14-22(29)15-24-27-20(16-33-24)9-10-21(28)11-12-25(30)32-2/h7-8,13,16,18H,3-6,9-12,14-15H2,1-2H3.